The monoisotopic (exact) mass is 321 g/mol. The van der Waals surface area contributed by atoms with Crippen LogP contribution < -0.4 is 15.4 Å². The third-order valence-corrected chi connectivity index (χ3v) is 3.97. The molecule has 0 radical (unpaired) electrons. The van der Waals surface area contributed by atoms with Gasteiger partial charge < -0.3 is 15.4 Å². The smallest absolute Gasteiger partial charge is 0.147 e. The number of methoxy groups -OCH3 is 1. The van der Waals surface area contributed by atoms with Crippen LogP contribution in [0.2, 0.25) is 0 Å². The quantitative estimate of drug-likeness (QED) is 0.873. The van der Waals surface area contributed by atoms with Crippen molar-refractivity contribution in [2.24, 2.45) is 4.99 Å². The molecule has 1 unspecified atom stereocenters. The first-order valence-corrected chi connectivity index (χ1v) is 8.22. The van der Waals surface area contributed by atoms with Crippen LogP contribution in [0, 0.1) is 0 Å². The van der Waals surface area contributed by atoms with E-state index in [0.29, 0.717) is 0 Å². The highest BCUT2D eigenvalue weighted by Crippen LogP contribution is 2.30. The van der Waals surface area contributed by atoms with Gasteiger partial charge in [0.2, 0.25) is 0 Å². The molecule has 0 spiro atoms. The molecule has 2 N–H and O–H groups in total. The summed E-state index contributed by atoms with van der Waals surface area (Å²) in [4.78, 5) is 4.89. The fourth-order valence-corrected chi connectivity index (χ4v) is 2.81. The standard InChI is InChI=1S/C20H23N3O/c1-4-8-14(2)21-20-17-11-5-6-12-18(17)22-19(23-20)15-9-7-10-16(13-15)24-3/h5-13,19,22H,4H2,1-3H3,(H,21,23)/b14-8+. The van der Waals surface area contributed by atoms with E-state index in [1.54, 1.807) is 7.11 Å². The van der Waals surface area contributed by atoms with Gasteiger partial charge in [-0.15, -0.1) is 0 Å². The fraction of sp³-hybridized carbons (Fsp3) is 0.250. The molecule has 0 saturated heterocycles. The van der Waals surface area contributed by atoms with E-state index < -0.39 is 0 Å². The summed E-state index contributed by atoms with van der Waals surface area (Å²) in [5, 5.41) is 6.94. The van der Waals surface area contributed by atoms with Gasteiger partial charge >= 0.3 is 0 Å². The van der Waals surface area contributed by atoms with Gasteiger partial charge in [0.1, 0.15) is 17.8 Å². The summed E-state index contributed by atoms with van der Waals surface area (Å²) in [7, 11) is 1.68. The molecule has 0 saturated carbocycles. The molecule has 4 heteroatoms. The highest BCUT2D eigenvalue weighted by Gasteiger charge is 2.21. The number of ether oxygens (including phenoxy) is 1. The number of allylic oxidation sites excluding steroid dienone is 2. The highest BCUT2D eigenvalue weighted by molar-refractivity contribution is 6.05. The summed E-state index contributed by atoms with van der Waals surface area (Å²) in [5.74, 6) is 1.72. The lowest BCUT2D eigenvalue weighted by molar-refractivity contribution is 0.414. The van der Waals surface area contributed by atoms with Crippen LogP contribution >= 0.6 is 0 Å². The van der Waals surface area contributed by atoms with Crippen molar-refractivity contribution in [2.75, 3.05) is 12.4 Å². The Balaban J connectivity index is 1.98. The summed E-state index contributed by atoms with van der Waals surface area (Å²) in [5.41, 5.74) is 4.34. The highest BCUT2D eigenvalue weighted by atomic mass is 16.5. The van der Waals surface area contributed by atoms with Gasteiger partial charge in [0.25, 0.3) is 0 Å². The van der Waals surface area contributed by atoms with Gasteiger partial charge in [-0.25, -0.2) is 4.99 Å². The van der Waals surface area contributed by atoms with Gasteiger partial charge in [0.05, 0.1) is 7.11 Å². The zero-order valence-electron chi connectivity index (χ0n) is 14.3. The summed E-state index contributed by atoms with van der Waals surface area (Å²) < 4.78 is 5.34. The number of amidine groups is 1. The first kappa shape index (κ1) is 16.1. The largest absolute Gasteiger partial charge is 0.497 e. The normalized spacial score (nSPS) is 16.7. The Bertz CT molecular complexity index is 780. The van der Waals surface area contributed by atoms with Gasteiger partial charge in [-0.05, 0) is 37.6 Å². The summed E-state index contributed by atoms with van der Waals surface area (Å²) in [6.07, 6.45) is 3.01. The minimum atomic E-state index is -0.146. The second kappa shape index (κ2) is 7.21. The topological polar surface area (TPSA) is 45.7 Å². The van der Waals surface area contributed by atoms with Gasteiger partial charge in [-0.1, -0.05) is 37.3 Å². The number of anilines is 1. The molecule has 4 nitrogen and oxygen atoms in total. The van der Waals surface area contributed by atoms with Crippen molar-refractivity contribution in [2.45, 2.75) is 26.4 Å². The molecule has 2 aromatic rings. The van der Waals surface area contributed by atoms with Crippen LogP contribution in [0.25, 0.3) is 0 Å². The molecule has 1 heterocycles. The molecular weight excluding hydrogens is 298 g/mol. The van der Waals surface area contributed by atoms with Crippen LogP contribution in [-0.4, -0.2) is 12.9 Å². The van der Waals surface area contributed by atoms with Crippen LogP contribution in [0.4, 0.5) is 5.69 Å². The molecule has 24 heavy (non-hydrogen) atoms. The number of para-hydroxylation sites is 1. The third kappa shape index (κ3) is 3.43. The molecule has 1 aliphatic rings. The van der Waals surface area contributed by atoms with Gasteiger partial charge in [-0.2, -0.15) is 0 Å². The average molecular weight is 321 g/mol. The molecule has 1 atom stereocenters. The Morgan fingerprint density at radius 1 is 1.25 bits per heavy atom. The number of nitrogens with one attached hydrogen (secondary N) is 2. The van der Waals surface area contributed by atoms with E-state index in [2.05, 4.69) is 48.8 Å². The van der Waals surface area contributed by atoms with Gasteiger partial charge in [-0.3, -0.25) is 0 Å². The van der Waals surface area contributed by atoms with E-state index in [9.17, 15) is 0 Å². The van der Waals surface area contributed by atoms with Crippen LogP contribution in [-0.2, 0) is 0 Å². The Morgan fingerprint density at radius 3 is 2.88 bits per heavy atom. The van der Waals surface area contributed by atoms with Crippen molar-refractivity contribution < 1.29 is 4.74 Å². The minimum absolute atomic E-state index is 0.146. The van der Waals surface area contributed by atoms with Crippen molar-refractivity contribution in [3.63, 3.8) is 0 Å². The van der Waals surface area contributed by atoms with E-state index in [4.69, 9.17) is 9.73 Å². The summed E-state index contributed by atoms with van der Waals surface area (Å²) in [6.45, 7) is 4.19. The maximum absolute atomic E-state index is 5.34. The molecule has 1 aliphatic heterocycles. The lowest BCUT2D eigenvalue weighted by Gasteiger charge is -2.26. The van der Waals surface area contributed by atoms with Crippen LogP contribution in [0.5, 0.6) is 5.75 Å². The molecule has 124 valence electrons. The predicted octanol–water partition coefficient (Wildman–Crippen LogP) is 4.47. The van der Waals surface area contributed by atoms with Crippen molar-refractivity contribution >= 4 is 11.5 Å². The first-order valence-electron chi connectivity index (χ1n) is 8.22. The van der Waals surface area contributed by atoms with Gasteiger partial charge in [0.15, 0.2) is 0 Å². The maximum atomic E-state index is 5.34. The maximum Gasteiger partial charge on any atom is 0.147 e. The molecule has 0 aromatic heterocycles. The fourth-order valence-electron chi connectivity index (χ4n) is 2.81. The van der Waals surface area contributed by atoms with E-state index in [1.165, 1.54) is 0 Å². The Hall–Kier alpha value is -2.75. The zero-order valence-corrected chi connectivity index (χ0v) is 14.3. The Morgan fingerprint density at radius 2 is 2.08 bits per heavy atom. The van der Waals surface area contributed by atoms with Crippen molar-refractivity contribution in [3.05, 3.63) is 71.4 Å². The van der Waals surface area contributed by atoms with Gasteiger partial charge in [0, 0.05) is 22.5 Å². The molecule has 3 rings (SSSR count). The van der Waals surface area contributed by atoms with Crippen LogP contribution in [0.15, 0.2) is 65.3 Å². The third-order valence-electron chi connectivity index (χ3n) is 3.97. The number of nitrogens with zero attached hydrogens (tertiary/aromatic N) is 1. The van der Waals surface area contributed by atoms with Crippen LogP contribution in [0.3, 0.4) is 0 Å². The van der Waals surface area contributed by atoms with Crippen molar-refractivity contribution in [1.29, 1.82) is 0 Å². The van der Waals surface area contributed by atoms with E-state index in [1.807, 2.05) is 30.3 Å². The molecule has 0 fully saturated rings. The predicted molar refractivity (Wildman–Crippen MR) is 99.5 cm³/mol. The van der Waals surface area contributed by atoms with E-state index in [0.717, 1.165) is 40.5 Å². The molecule has 2 aromatic carbocycles. The van der Waals surface area contributed by atoms with Crippen molar-refractivity contribution in [3.8, 4) is 5.75 Å². The SMILES string of the molecule is CC/C=C(\C)NC1=NC(c2cccc(OC)c2)Nc2ccccc21. The summed E-state index contributed by atoms with van der Waals surface area (Å²) >= 11 is 0. The Labute approximate surface area is 143 Å². The second-order valence-corrected chi connectivity index (χ2v) is 5.77. The minimum Gasteiger partial charge on any atom is -0.497 e. The average Bonchev–Trinajstić information content (AvgIpc) is 2.62. The lowest BCUT2D eigenvalue weighted by atomic mass is 10.1. The lowest BCUT2D eigenvalue weighted by Crippen LogP contribution is -2.29. The number of fused-ring (bicyclic) bond motifs is 1. The number of rotatable bonds is 4. The number of hydrogen-bond donors (Lipinski definition) is 2. The Kier molecular flexibility index (Phi) is 4.85. The zero-order chi connectivity index (χ0) is 16.9. The van der Waals surface area contributed by atoms with Crippen molar-refractivity contribution in [1.82, 2.24) is 5.32 Å². The molecule has 0 bridgehead atoms. The first-order chi connectivity index (χ1) is 11.7. The second-order valence-electron chi connectivity index (χ2n) is 5.77. The van der Waals surface area contributed by atoms with E-state index >= 15 is 0 Å². The molecule has 0 amide bonds. The van der Waals surface area contributed by atoms with Crippen LogP contribution in [0.1, 0.15) is 37.6 Å². The number of benzene rings is 2. The molecular formula is C20H23N3O. The number of hydrogen-bond acceptors (Lipinski definition) is 4. The summed E-state index contributed by atoms with van der Waals surface area (Å²) in [6, 6.07) is 16.2. The van der Waals surface area contributed by atoms with E-state index in [-0.39, 0.29) is 6.17 Å². The number of aliphatic imine (C=N–C) groups is 1. The molecule has 0 aliphatic carbocycles.